The fourth-order valence-electron chi connectivity index (χ4n) is 2.47. The number of hydrogen-bond donors (Lipinski definition) is 2. The quantitative estimate of drug-likeness (QED) is 0.755. The van der Waals surface area contributed by atoms with Gasteiger partial charge >= 0.3 is 0 Å². The van der Waals surface area contributed by atoms with E-state index in [2.05, 4.69) is 9.97 Å². The van der Waals surface area contributed by atoms with Crippen LogP contribution in [0.3, 0.4) is 0 Å². The highest BCUT2D eigenvalue weighted by molar-refractivity contribution is 6.31. The molecule has 0 aliphatic rings. The molecule has 0 aliphatic carbocycles. The van der Waals surface area contributed by atoms with E-state index in [1.165, 1.54) is 0 Å². The van der Waals surface area contributed by atoms with Gasteiger partial charge in [0, 0.05) is 17.3 Å². The summed E-state index contributed by atoms with van der Waals surface area (Å²) in [6.45, 7) is 0.868. The molecule has 23 heavy (non-hydrogen) atoms. The first kappa shape index (κ1) is 15.5. The Labute approximate surface area is 138 Å². The molecule has 6 heteroatoms. The second kappa shape index (κ2) is 6.81. The number of rotatable bonds is 5. The number of nitrogens with one attached hydrogen (secondary N) is 1. The maximum atomic E-state index is 12.2. The largest absolute Gasteiger partial charge is 0.395 e. The SMILES string of the molecule is O=c1[nH]c(CN(CCO)c2ccccc2)nc2ccc(Cl)cc12. The summed E-state index contributed by atoms with van der Waals surface area (Å²) in [6.07, 6.45) is 0. The molecule has 1 heterocycles. The van der Waals surface area contributed by atoms with Crippen molar-refractivity contribution < 1.29 is 5.11 Å². The predicted molar refractivity (Wildman–Crippen MR) is 92.0 cm³/mol. The van der Waals surface area contributed by atoms with Gasteiger partial charge in [-0.05, 0) is 30.3 Å². The van der Waals surface area contributed by atoms with Gasteiger partial charge in [0.2, 0.25) is 0 Å². The van der Waals surface area contributed by atoms with Crippen LogP contribution in [0, 0.1) is 0 Å². The molecule has 0 saturated heterocycles. The number of anilines is 1. The molecule has 0 atom stereocenters. The predicted octanol–water partition coefficient (Wildman–Crippen LogP) is 2.58. The van der Waals surface area contributed by atoms with Crippen LogP contribution >= 0.6 is 11.6 Å². The van der Waals surface area contributed by atoms with Crippen molar-refractivity contribution in [3.8, 4) is 0 Å². The van der Waals surface area contributed by atoms with Crippen molar-refractivity contribution in [3.05, 3.63) is 69.7 Å². The van der Waals surface area contributed by atoms with Crippen LogP contribution in [-0.2, 0) is 6.54 Å². The smallest absolute Gasteiger partial charge is 0.258 e. The summed E-state index contributed by atoms with van der Waals surface area (Å²) in [5.41, 5.74) is 1.34. The molecule has 0 fully saturated rings. The topological polar surface area (TPSA) is 69.2 Å². The Balaban J connectivity index is 1.96. The molecule has 2 N–H and O–H groups in total. The number of aliphatic hydroxyl groups is 1. The first-order chi connectivity index (χ1) is 11.2. The highest BCUT2D eigenvalue weighted by Gasteiger charge is 2.10. The van der Waals surface area contributed by atoms with Gasteiger partial charge in [-0.2, -0.15) is 0 Å². The lowest BCUT2D eigenvalue weighted by Crippen LogP contribution is -2.28. The van der Waals surface area contributed by atoms with Crippen molar-refractivity contribution >= 4 is 28.2 Å². The number of halogens is 1. The summed E-state index contributed by atoms with van der Waals surface area (Å²) in [5, 5.41) is 10.3. The van der Waals surface area contributed by atoms with Crippen molar-refractivity contribution in [2.75, 3.05) is 18.1 Å². The average molecular weight is 330 g/mol. The molecular formula is C17H16ClN3O2. The minimum Gasteiger partial charge on any atom is -0.395 e. The second-order valence-electron chi connectivity index (χ2n) is 5.15. The Morgan fingerprint density at radius 1 is 1.17 bits per heavy atom. The van der Waals surface area contributed by atoms with Crippen molar-refractivity contribution in [2.24, 2.45) is 0 Å². The van der Waals surface area contributed by atoms with Gasteiger partial charge in [0.05, 0.1) is 24.1 Å². The highest BCUT2D eigenvalue weighted by Crippen LogP contribution is 2.17. The maximum Gasteiger partial charge on any atom is 0.258 e. The number of hydrogen-bond acceptors (Lipinski definition) is 4. The number of benzene rings is 2. The van der Waals surface area contributed by atoms with E-state index >= 15 is 0 Å². The number of aromatic amines is 1. The van der Waals surface area contributed by atoms with Crippen LogP contribution in [0.15, 0.2) is 53.3 Å². The van der Waals surface area contributed by atoms with Crippen LogP contribution in [0.4, 0.5) is 5.69 Å². The standard InChI is InChI=1S/C17H16ClN3O2/c18-12-6-7-15-14(10-12)17(23)20-16(19-15)11-21(8-9-22)13-4-2-1-3-5-13/h1-7,10,22H,8-9,11H2,(H,19,20,23). The van der Waals surface area contributed by atoms with Crippen LogP contribution in [0.2, 0.25) is 5.02 Å². The summed E-state index contributed by atoms with van der Waals surface area (Å²) >= 11 is 5.92. The van der Waals surface area contributed by atoms with Gasteiger partial charge in [-0.15, -0.1) is 0 Å². The lowest BCUT2D eigenvalue weighted by atomic mass is 10.2. The molecule has 0 bridgehead atoms. The minimum absolute atomic E-state index is 0.0162. The van der Waals surface area contributed by atoms with Crippen molar-refractivity contribution in [1.29, 1.82) is 0 Å². The van der Waals surface area contributed by atoms with Gasteiger partial charge in [-0.25, -0.2) is 4.98 Å². The van der Waals surface area contributed by atoms with E-state index in [1.807, 2.05) is 35.2 Å². The molecule has 3 rings (SSSR count). The molecular weight excluding hydrogens is 314 g/mol. The summed E-state index contributed by atoms with van der Waals surface area (Å²) in [6, 6.07) is 14.7. The van der Waals surface area contributed by atoms with E-state index in [0.29, 0.717) is 34.8 Å². The molecule has 5 nitrogen and oxygen atoms in total. The van der Waals surface area contributed by atoms with E-state index in [9.17, 15) is 9.90 Å². The van der Waals surface area contributed by atoms with Crippen LogP contribution < -0.4 is 10.5 Å². The van der Waals surface area contributed by atoms with Gasteiger partial charge < -0.3 is 15.0 Å². The molecule has 1 aromatic heterocycles. The van der Waals surface area contributed by atoms with Crippen LogP contribution in [0.25, 0.3) is 10.9 Å². The first-order valence-electron chi connectivity index (χ1n) is 7.26. The number of H-pyrrole nitrogens is 1. The van der Waals surface area contributed by atoms with Crippen LogP contribution in [0.5, 0.6) is 0 Å². The molecule has 0 spiro atoms. The average Bonchev–Trinajstić information content (AvgIpc) is 2.56. The molecule has 118 valence electrons. The van der Waals surface area contributed by atoms with E-state index < -0.39 is 0 Å². The van der Waals surface area contributed by atoms with Gasteiger partial charge in [0.1, 0.15) is 5.82 Å². The van der Waals surface area contributed by atoms with E-state index in [1.54, 1.807) is 18.2 Å². The number of aromatic nitrogens is 2. The van der Waals surface area contributed by atoms with Gasteiger partial charge in [-0.1, -0.05) is 29.8 Å². The Kier molecular flexibility index (Phi) is 4.60. The molecule has 0 amide bonds. The molecule has 0 aliphatic heterocycles. The zero-order valence-corrected chi connectivity index (χ0v) is 13.1. The van der Waals surface area contributed by atoms with Crippen LogP contribution in [-0.4, -0.2) is 28.2 Å². The van der Waals surface area contributed by atoms with Crippen molar-refractivity contribution in [3.63, 3.8) is 0 Å². The number of aliphatic hydroxyl groups excluding tert-OH is 1. The summed E-state index contributed by atoms with van der Waals surface area (Å²) in [4.78, 5) is 21.4. The third-order valence-electron chi connectivity index (χ3n) is 3.55. The zero-order chi connectivity index (χ0) is 16.2. The second-order valence-corrected chi connectivity index (χ2v) is 5.59. The normalized spacial score (nSPS) is 10.9. The lowest BCUT2D eigenvalue weighted by Gasteiger charge is -2.23. The Morgan fingerprint density at radius 3 is 2.70 bits per heavy atom. The monoisotopic (exact) mass is 329 g/mol. The van der Waals surface area contributed by atoms with E-state index in [0.717, 1.165) is 5.69 Å². The van der Waals surface area contributed by atoms with Gasteiger partial charge in [0.15, 0.2) is 0 Å². The molecule has 0 radical (unpaired) electrons. The van der Waals surface area contributed by atoms with E-state index in [-0.39, 0.29) is 12.2 Å². The van der Waals surface area contributed by atoms with Gasteiger partial charge in [-0.3, -0.25) is 4.79 Å². The third-order valence-corrected chi connectivity index (χ3v) is 3.78. The molecule has 2 aromatic carbocycles. The first-order valence-corrected chi connectivity index (χ1v) is 7.64. The number of fused-ring (bicyclic) bond motifs is 1. The number of nitrogens with zero attached hydrogens (tertiary/aromatic N) is 2. The Hall–Kier alpha value is -2.37. The number of para-hydroxylation sites is 1. The minimum atomic E-state index is -0.218. The molecule has 0 saturated carbocycles. The fraction of sp³-hybridized carbons (Fsp3) is 0.176. The maximum absolute atomic E-state index is 12.2. The highest BCUT2D eigenvalue weighted by atomic mass is 35.5. The third kappa shape index (κ3) is 3.52. The van der Waals surface area contributed by atoms with E-state index in [4.69, 9.17) is 11.6 Å². The lowest BCUT2D eigenvalue weighted by molar-refractivity contribution is 0.301. The fourth-order valence-corrected chi connectivity index (χ4v) is 2.65. The summed E-state index contributed by atoms with van der Waals surface area (Å²) < 4.78 is 0. The van der Waals surface area contributed by atoms with Crippen molar-refractivity contribution in [2.45, 2.75) is 6.54 Å². The Bertz CT molecular complexity index is 865. The van der Waals surface area contributed by atoms with Crippen LogP contribution in [0.1, 0.15) is 5.82 Å². The molecule has 0 unspecified atom stereocenters. The Morgan fingerprint density at radius 2 is 1.96 bits per heavy atom. The van der Waals surface area contributed by atoms with Gasteiger partial charge in [0.25, 0.3) is 5.56 Å². The zero-order valence-electron chi connectivity index (χ0n) is 12.4. The van der Waals surface area contributed by atoms with Crippen molar-refractivity contribution in [1.82, 2.24) is 9.97 Å². The summed E-state index contributed by atoms with van der Waals surface area (Å²) in [7, 11) is 0. The summed E-state index contributed by atoms with van der Waals surface area (Å²) in [5.74, 6) is 0.544. The molecule has 3 aromatic rings.